The minimum Gasteiger partial charge on any atom is -0.477 e. The Kier molecular flexibility index (Phi) is 41.6. The van der Waals surface area contributed by atoms with Crippen LogP contribution in [0.15, 0.2) is 85.1 Å². The number of likely N-dealkylation sites (N-methyl/N-ethyl adjacent to an activating group) is 1. The van der Waals surface area contributed by atoms with E-state index in [2.05, 4.69) is 98.9 Å². The van der Waals surface area contributed by atoms with Crippen LogP contribution in [0.4, 0.5) is 0 Å². The van der Waals surface area contributed by atoms with E-state index in [1.54, 1.807) is 0 Å². The fourth-order valence-electron chi connectivity index (χ4n) is 6.75. The number of esters is 2. The van der Waals surface area contributed by atoms with Crippen LogP contribution < -0.4 is 0 Å². The fraction of sp³-hybridized carbons (Fsp3) is 0.685. The van der Waals surface area contributed by atoms with E-state index in [4.69, 9.17) is 14.2 Å². The predicted octanol–water partition coefficient (Wildman–Crippen LogP) is 14.1. The molecule has 0 aliphatic rings. The summed E-state index contributed by atoms with van der Waals surface area (Å²) < 4.78 is 17.3. The van der Waals surface area contributed by atoms with Gasteiger partial charge in [-0.2, -0.15) is 0 Å². The Morgan fingerprint density at radius 1 is 0.500 bits per heavy atom. The van der Waals surface area contributed by atoms with Crippen molar-refractivity contribution in [1.82, 2.24) is 0 Å². The molecule has 0 aromatic rings. The molecule has 0 bridgehead atoms. The molecule has 0 rings (SSSR count). The Balaban J connectivity index is 4.36. The summed E-state index contributed by atoms with van der Waals surface area (Å²) in [5.41, 5.74) is 0. The third kappa shape index (κ3) is 41.8. The third-order valence-electron chi connectivity index (χ3n) is 10.5. The van der Waals surface area contributed by atoms with Crippen LogP contribution in [-0.4, -0.2) is 80.6 Å². The van der Waals surface area contributed by atoms with Crippen molar-refractivity contribution >= 4 is 17.9 Å². The summed E-state index contributed by atoms with van der Waals surface area (Å²) in [4.78, 5) is 37.1. The van der Waals surface area contributed by atoms with Gasteiger partial charge in [-0.3, -0.25) is 9.59 Å². The molecule has 0 aliphatic heterocycles. The number of nitrogens with zero attached hydrogens (tertiary/aromatic N) is 1. The molecule has 0 fully saturated rings. The summed E-state index contributed by atoms with van der Waals surface area (Å²) in [6.07, 6.45) is 57.8. The number of carbonyl (C=O) groups excluding carboxylic acids is 2. The van der Waals surface area contributed by atoms with Crippen molar-refractivity contribution in [2.24, 2.45) is 0 Å². The van der Waals surface area contributed by atoms with Crippen molar-refractivity contribution in [3.05, 3.63) is 85.1 Å². The van der Waals surface area contributed by atoms with Gasteiger partial charge in [-0.15, -0.1) is 0 Å². The number of hydrogen-bond acceptors (Lipinski definition) is 6. The van der Waals surface area contributed by atoms with Gasteiger partial charge < -0.3 is 23.8 Å². The first-order chi connectivity index (χ1) is 30.1. The van der Waals surface area contributed by atoms with E-state index in [9.17, 15) is 19.5 Å². The zero-order valence-electron chi connectivity index (χ0n) is 40.3. The highest BCUT2D eigenvalue weighted by atomic mass is 16.6. The molecular formula is C54H92NO7+. The second kappa shape index (κ2) is 44.1. The van der Waals surface area contributed by atoms with Crippen molar-refractivity contribution in [2.45, 2.75) is 199 Å². The van der Waals surface area contributed by atoms with Gasteiger partial charge in [0.1, 0.15) is 6.61 Å². The second-order valence-electron chi connectivity index (χ2n) is 17.3. The zero-order valence-corrected chi connectivity index (χ0v) is 40.3. The number of carboxylic acids is 1. The van der Waals surface area contributed by atoms with E-state index in [1.165, 1.54) is 83.5 Å². The van der Waals surface area contributed by atoms with Crippen LogP contribution in [0, 0.1) is 0 Å². The quantitative estimate of drug-likeness (QED) is 0.0282. The van der Waals surface area contributed by atoms with Gasteiger partial charge in [-0.25, -0.2) is 4.79 Å². The first-order valence-corrected chi connectivity index (χ1v) is 24.6. The number of aliphatic carboxylic acids is 1. The molecule has 354 valence electrons. The van der Waals surface area contributed by atoms with E-state index in [-0.39, 0.29) is 42.7 Å². The number of unbranched alkanes of at least 4 members (excludes halogenated alkanes) is 15. The van der Waals surface area contributed by atoms with Gasteiger partial charge in [0.05, 0.1) is 34.4 Å². The van der Waals surface area contributed by atoms with Crippen LogP contribution in [0.3, 0.4) is 0 Å². The highest BCUT2D eigenvalue weighted by Crippen LogP contribution is 2.14. The lowest BCUT2D eigenvalue weighted by molar-refractivity contribution is -0.887. The number of allylic oxidation sites excluding steroid dienone is 14. The summed E-state index contributed by atoms with van der Waals surface area (Å²) in [5.74, 6) is -1.55. The van der Waals surface area contributed by atoms with Crippen molar-refractivity contribution in [3.63, 3.8) is 0 Å². The van der Waals surface area contributed by atoms with Gasteiger partial charge in [0, 0.05) is 19.3 Å². The highest BCUT2D eigenvalue weighted by molar-refractivity contribution is 5.72. The average Bonchev–Trinajstić information content (AvgIpc) is 3.23. The maximum Gasteiger partial charge on any atom is 0.362 e. The lowest BCUT2D eigenvalue weighted by Gasteiger charge is -2.31. The molecule has 0 spiro atoms. The first kappa shape index (κ1) is 58.5. The molecule has 0 radical (unpaired) electrons. The van der Waals surface area contributed by atoms with Crippen molar-refractivity contribution in [1.29, 1.82) is 0 Å². The molecule has 0 aromatic carbocycles. The van der Waals surface area contributed by atoms with E-state index in [1.807, 2.05) is 21.1 Å². The topological polar surface area (TPSA) is 99.1 Å². The smallest absolute Gasteiger partial charge is 0.362 e. The van der Waals surface area contributed by atoms with Crippen molar-refractivity contribution in [3.8, 4) is 0 Å². The Morgan fingerprint density at radius 2 is 0.919 bits per heavy atom. The van der Waals surface area contributed by atoms with E-state index < -0.39 is 18.1 Å². The van der Waals surface area contributed by atoms with Crippen LogP contribution >= 0.6 is 0 Å². The molecule has 0 heterocycles. The standard InChI is InChI=1S/C54H91NO7/c1-6-8-10-12-14-16-18-20-22-24-25-26-27-29-30-32-34-36-38-40-42-44-52(56)61-49-50(48-60-47-46-51(54(58)59)55(3,4)5)62-53(57)45-43-41-39-37-35-33-31-28-23-21-19-17-15-13-11-9-7-2/h9,11,15,17-18,20-21,23-25,31,33,37,39,50-51H,6-8,10,12-14,16,19,22,26-30,32,34-36,38,40-49H2,1-5H3/p+1/b11-9-,17-15-,20-18-,23-21-,25-24-,33-31-,39-37-. The summed E-state index contributed by atoms with van der Waals surface area (Å²) in [5, 5.41) is 9.64. The van der Waals surface area contributed by atoms with Gasteiger partial charge in [-0.05, 0) is 83.5 Å². The Bertz CT molecular complexity index is 1290. The van der Waals surface area contributed by atoms with Crippen LogP contribution in [-0.2, 0) is 28.6 Å². The molecule has 2 atom stereocenters. The third-order valence-corrected chi connectivity index (χ3v) is 10.5. The molecule has 8 heteroatoms. The second-order valence-corrected chi connectivity index (χ2v) is 17.3. The predicted molar refractivity (Wildman–Crippen MR) is 261 cm³/mol. The molecule has 0 saturated heterocycles. The van der Waals surface area contributed by atoms with Gasteiger partial charge in [-0.1, -0.05) is 170 Å². The minimum atomic E-state index is -0.887. The van der Waals surface area contributed by atoms with Crippen LogP contribution in [0.5, 0.6) is 0 Å². The fourth-order valence-corrected chi connectivity index (χ4v) is 6.75. The summed E-state index contributed by atoms with van der Waals surface area (Å²) in [6.45, 7) is 4.54. The maximum atomic E-state index is 12.7. The Hall–Kier alpha value is -3.49. The molecule has 8 nitrogen and oxygen atoms in total. The van der Waals surface area contributed by atoms with E-state index in [0.717, 1.165) is 64.2 Å². The van der Waals surface area contributed by atoms with Crippen LogP contribution in [0.25, 0.3) is 0 Å². The van der Waals surface area contributed by atoms with Crippen LogP contribution in [0.1, 0.15) is 187 Å². The summed E-state index contributed by atoms with van der Waals surface area (Å²) in [6, 6.07) is -0.630. The number of rotatable bonds is 43. The van der Waals surface area contributed by atoms with Gasteiger partial charge in [0.25, 0.3) is 0 Å². The normalized spacial score (nSPS) is 13.6. The summed E-state index contributed by atoms with van der Waals surface area (Å²) >= 11 is 0. The molecule has 0 amide bonds. The Morgan fingerprint density at radius 3 is 1.39 bits per heavy atom. The molecule has 0 aromatic heterocycles. The summed E-state index contributed by atoms with van der Waals surface area (Å²) in [7, 11) is 5.50. The van der Waals surface area contributed by atoms with Crippen molar-refractivity contribution < 1.29 is 38.2 Å². The number of quaternary nitrogens is 1. The number of carboxylic acid groups (broad SMARTS) is 1. The molecule has 0 aliphatic carbocycles. The first-order valence-electron chi connectivity index (χ1n) is 24.6. The molecule has 0 saturated carbocycles. The zero-order chi connectivity index (χ0) is 45.6. The van der Waals surface area contributed by atoms with E-state index >= 15 is 0 Å². The molecular weight excluding hydrogens is 775 g/mol. The lowest BCUT2D eigenvalue weighted by Crippen LogP contribution is -2.50. The van der Waals surface area contributed by atoms with Gasteiger partial charge in [0.15, 0.2) is 12.1 Å². The molecule has 2 unspecified atom stereocenters. The lowest BCUT2D eigenvalue weighted by atomic mass is 10.1. The van der Waals surface area contributed by atoms with E-state index in [0.29, 0.717) is 19.3 Å². The highest BCUT2D eigenvalue weighted by Gasteiger charge is 2.31. The molecule has 1 N–H and O–H groups in total. The Labute approximate surface area is 380 Å². The van der Waals surface area contributed by atoms with Crippen LogP contribution in [0.2, 0.25) is 0 Å². The monoisotopic (exact) mass is 867 g/mol. The largest absolute Gasteiger partial charge is 0.477 e. The minimum absolute atomic E-state index is 0.0327. The average molecular weight is 867 g/mol. The maximum absolute atomic E-state index is 12.7. The van der Waals surface area contributed by atoms with Gasteiger partial charge in [0.2, 0.25) is 0 Å². The SMILES string of the molecule is CC/C=C\C/C=C\C/C=C\C/C=C\C/C=C\CCCC(=O)OC(COCCC(C(=O)O)[N+](C)(C)C)COC(=O)CCCCCCCCCCC/C=C\C/C=C\CCCCCCC. The van der Waals surface area contributed by atoms with Crippen molar-refractivity contribution in [2.75, 3.05) is 41.0 Å². The van der Waals surface area contributed by atoms with Gasteiger partial charge >= 0.3 is 17.9 Å². The molecule has 62 heavy (non-hydrogen) atoms. The number of carbonyl (C=O) groups is 3. The number of hydrogen-bond donors (Lipinski definition) is 1. The number of ether oxygens (including phenoxy) is 3.